The van der Waals surface area contributed by atoms with Crippen LogP contribution in [0.3, 0.4) is 0 Å². The number of hydrogen-bond donors (Lipinski definition) is 2. The second-order valence-corrected chi connectivity index (χ2v) is 5.71. The number of phenolic OH excluding ortho intramolecular Hbond substituents is 1. The third-order valence-corrected chi connectivity index (χ3v) is 4.07. The second kappa shape index (κ2) is 9.48. The molecule has 0 aromatic heterocycles. The van der Waals surface area contributed by atoms with Gasteiger partial charge in [0.15, 0.2) is 0 Å². The maximum atomic E-state index is 9.80. The van der Waals surface area contributed by atoms with E-state index in [0.717, 1.165) is 17.6 Å². The van der Waals surface area contributed by atoms with Gasteiger partial charge in [-0.3, -0.25) is 0 Å². The second-order valence-electron chi connectivity index (χ2n) is 5.30. The monoisotopic (exact) mass is 340 g/mol. The molecule has 1 unspecified atom stereocenters. The zero-order chi connectivity index (χ0) is 17.4. The lowest BCUT2D eigenvalue weighted by molar-refractivity contribution is 0.136. The van der Waals surface area contributed by atoms with Crippen molar-refractivity contribution >= 4 is 17.4 Å². The molecule has 23 heavy (non-hydrogen) atoms. The number of ether oxygens (including phenoxy) is 2. The molecule has 1 aromatic rings. The van der Waals surface area contributed by atoms with Crippen LogP contribution in [0.25, 0.3) is 5.76 Å². The van der Waals surface area contributed by atoms with E-state index in [1.165, 1.54) is 0 Å². The number of methoxy groups -OCH3 is 1. The Labute approximate surface area is 143 Å². The van der Waals surface area contributed by atoms with E-state index in [4.69, 9.17) is 26.2 Å². The summed E-state index contributed by atoms with van der Waals surface area (Å²) in [5.74, 6) is 1.56. The van der Waals surface area contributed by atoms with E-state index in [-0.39, 0.29) is 24.9 Å². The van der Waals surface area contributed by atoms with Crippen molar-refractivity contribution in [1.29, 1.82) is 0 Å². The third kappa shape index (κ3) is 5.48. The molecular weight excluding hydrogens is 316 g/mol. The van der Waals surface area contributed by atoms with Gasteiger partial charge >= 0.3 is 0 Å². The molecule has 0 amide bonds. The fourth-order valence-corrected chi connectivity index (χ4v) is 2.59. The van der Waals surface area contributed by atoms with Crippen molar-refractivity contribution in [3.05, 3.63) is 46.7 Å². The minimum absolute atomic E-state index is 0.0234. The standard InChI is InChI=1S/C18H25ClO4/c1-5-14(10-12(2)23-9-8-20)13(3)18(22-4)15-6-7-16(19)17(21)11-15/h6-7,11,14,20-21H,2,5,8-10H2,1,3-4H3/b18-13+. The van der Waals surface area contributed by atoms with Crippen molar-refractivity contribution in [3.63, 3.8) is 0 Å². The maximum absolute atomic E-state index is 9.80. The van der Waals surface area contributed by atoms with Crippen molar-refractivity contribution in [1.82, 2.24) is 0 Å². The van der Waals surface area contributed by atoms with E-state index in [1.807, 2.05) is 13.0 Å². The number of aromatic hydroxyl groups is 1. The number of rotatable bonds is 9. The van der Waals surface area contributed by atoms with E-state index in [9.17, 15) is 5.11 Å². The Morgan fingerprint density at radius 3 is 2.61 bits per heavy atom. The van der Waals surface area contributed by atoms with Gasteiger partial charge in [-0.2, -0.15) is 0 Å². The Bertz CT molecular complexity index is 566. The molecule has 4 nitrogen and oxygen atoms in total. The predicted molar refractivity (Wildman–Crippen MR) is 93.3 cm³/mol. The molecule has 128 valence electrons. The zero-order valence-electron chi connectivity index (χ0n) is 13.9. The van der Waals surface area contributed by atoms with Crippen LogP contribution in [-0.2, 0) is 9.47 Å². The van der Waals surface area contributed by atoms with Crippen molar-refractivity contribution in [2.45, 2.75) is 26.7 Å². The molecule has 5 heteroatoms. The molecule has 1 atom stereocenters. The van der Waals surface area contributed by atoms with Gasteiger partial charge in [0, 0.05) is 12.0 Å². The highest BCUT2D eigenvalue weighted by Gasteiger charge is 2.18. The van der Waals surface area contributed by atoms with Gasteiger partial charge in [-0.25, -0.2) is 0 Å². The lowest BCUT2D eigenvalue weighted by Gasteiger charge is -2.21. The van der Waals surface area contributed by atoms with Crippen molar-refractivity contribution in [3.8, 4) is 5.75 Å². The van der Waals surface area contributed by atoms with E-state index < -0.39 is 0 Å². The summed E-state index contributed by atoms with van der Waals surface area (Å²) >= 11 is 5.86. The minimum atomic E-state index is -0.0298. The Morgan fingerprint density at radius 2 is 2.09 bits per heavy atom. The molecule has 0 saturated heterocycles. The van der Waals surface area contributed by atoms with Crippen LogP contribution in [-0.4, -0.2) is 30.5 Å². The molecule has 0 aliphatic rings. The average Bonchev–Trinajstić information content (AvgIpc) is 2.54. The number of phenols is 1. The molecule has 0 heterocycles. The number of aliphatic hydroxyl groups excluding tert-OH is 1. The summed E-state index contributed by atoms with van der Waals surface area (Å²) in [6, 6.07) is 5.05. The Morgan fingerprint density at radius 1 is 1.39 bits per heavy atom. The highest BCUT2D eigenvalue weighted by atomic mass is 35.5. The smallest absolute Gasteiger partial charge is 0.134 e. The predicted octanol–water partition coefficient (Wildman–Crippen LogP) is 4.36. The fourth-order valence-electron chi connectivity index (χ4n) is 2.47. The van der Waals surface area contributed by atoms with Gasteiger partial charge in [-0.1, -0.05) is 25.1 Å². The minimum Gasteiger partial charge on any atom is -0.506 e. The largest absolute Gasteiger partial charge is 0.506 e. The summed E-state index contributed by atoms with van der Waals surface area (Å²) in [5.41, 5.74) is 1.82. The summed E-state index contributed by atoms with van der Waals surface area (Å²) in [5, 5.41) is 18.9. The molecule has 0 bridgehead atoms. The molecule has 0 aliphatic heterocycles. The Hall–Kier alpha value is -1.65. The van der Waals surface area contributed by atoms with Gasteiger partial charge in [0.2, 0.25) is 0 Å². The molecule has 0 saturated carbocycles. The number of hydrogen-bond acceptors (Lipinski definition) is 4. The van der Waals surface area contributed by atoms with E-state index in [0.29, 0.717) is 23.0 Å². The zero-order valence-corrected chi connectivity index (χ0v) is 14.7. The first-order chi connectivity index (χ1) is 10.9. The number of halogens is 1. The van der Waals surface area contributed by atoms with E-state index in [1.54, 1.807) is 19.2 Å². The molecule has 0 fully saturated rings. The first-order valence-electron chi connectivity index (χ1n) is 7.59. The summed E-state index contributed by atoms with van der Waals surface area (Å²) in [6.45, 7) is 8.19. The lowest BCUT2D eigenvalue weighted by Crippen LogP contribution is -2.08. The first-order valence-corrected chi connectivity index (χ1v) is 7.97. The van der Waals surface area contributed by atoms with Gasteiger partial charge in [0.05, 0.1) is 24.5 Å². The Balaban J connectivity index is 3.04. The van der Waals surface area contributed by atoms with Crippen LogP contribution < -0.4 is 0 Å². The van der Waals surface area contributed by atoms with Gasteiger partial charge in [-0.15, -0.1) is 0 Å². The topological polar surface area (TPSA) is 58.9 Å². The normalized spacial score (nSPS) is 13.3. The SMILES string of the molecule is C=C(CC(CC)/C(C)=C(/OC)c1ccc(Cl)c(O)c1)OCCO. The van der Waals surface area contributed by atoms with Gasteiger partial charge < -0.3 is 19.7 Å². The van der Waals surface area contributed by atoms with Gasteiger partial charge in [-0.05, 0) is 43.0 Å². The summed E-state index contributed by atoms with van der Waals surface area (Å²) in [6.07, 6.45) is 1.54. The third-order valence-electron chi connectivity index (χ3n) is 3.75. The van der Waals surface area contributed by atoms with Crippen LogP contribution in [0, 0.1) is 5.92 Å². The van der Waals surface area contributed by atoms with Crippen LogP contribution in [0.5, 0.6) is 5.75 Å². The molecule has 0 aliphatic carbocycles. The van der Waals surface area contributed by atoms with Crippen LogP contribution in [0.15, 0.2) is 36.1 Å². The molecule has 0 spiro atoms. The molecule has 1 aromatic carbocycles. The van der Waals surface area contributed by atoms with Gasteiger partial charge in [0.25, 0.3) is 0 Å². The quantitative estimate of drug-likeness (QED) is 0.656. The highest BCUT2D eigenvalue weighted by molar-refractivity contribution is 6.32. The number of aliphatic hydroxyl groups is 1. The summed E-state index contributed by atoms with van der Waals surface area (Å²) in [4.78, 5) is 0. The molecule has 1 rings (SSSR count). The van der Waals surface area contributed by atoms with Crippen molar-refractivity contribution in [2.75, 3.05) is 20.3 Å². The van der Waals surface area contributed by atoms with Crippen molar-refractivity contribution < 1.29 is 19.7 Å². The molecular formula is C18H25ClO4. The highest BCUT2D eigenvalue weighted by Crippen LogP contribution is 2.33. The van der Waals surface area contributed by atoms with Crippen LogP contribution in [0.1, 0.15) is 32.3 Å². The molecule has 0 radical (unpaired) electrons. The number of allylic oxidation sites excluding steroid dienone is 2. The lowest BCUT2D eigenvalue weighted by atomic mass is 9.91. The van der Waals surface area contributed by atoms with Crippen molar-refractivity contribution in [2.24, 2.45) is 5.92 Å². The van der Waals surface area contributed by atoms with E-state index >= 15 is 0 Å². The maximum Gasteiger partial charge on any atom is 0.134 e. The first kappa shape index (κ1) is 19.4. The average molecular weight is 341 g/mol. The summed E-state index contributed by atoms with van der Waals surface area (Å²) < 4.78 is 10.9. The van der Waals surface area contributed by atoms with Gasteiger partial charge in [0.1, 0.15) is 18.1 Å². The molecule has 2 N–H and O–H groups in total. The van der Waals surface area contributed by atoms with E-state index in [2.05, 4.69) is 13.5 Å². The summed E-state index contributed by atoms with van der Waals surface area (Å²) in [7, 11) is 1.61. The Kier molecular flexibility index (Phi) is 8.00. The van der Waals surface area contributed by atoms with Crippen LogP contribution >= 0.6 is 11.6 Å². The fraction of sp³-hybridized carbons (Fsp3) is 0.444. The van der Waals surface area contributed by atoms with Crippen LogP contribution in [0.2, 0.25) is 5.02 Å². The number of benzene rings is 1. The van der Waals surface area contributed by atoms with Crippen LogP contribution in [0.4, 0.5) is 0 Å².